The fourth-order valence-electron chi connectivity index (χ4n) is 3.53. The van der Waals surface area contributed by atoms with Crippen LogP contribution in [0.15, 0.2) is 79.1 Å². The van der Waals surface area contributed by atoms with Gasteiger partial charge in [0.1, 0.15) is 18.0 Å². The predicted molar refractivity (Wildman–Crippen MR) is 131 cm³/mol. The molecule has 0 saturated carbocycles. The summed E-state index contributed by atoms with van der Waals surface area (Å²) in [5.41, 5.74) is 2.28. The predicted octanol–water partition coefficient (Wildman–Crippen LogP) is 5.37. The molecule has 6 nitrogen and oxygen atoms in total. The van der Waals surface area contributed by atoms with Crippen molar-refractivity contribution < 1.29 is 13.6 Å². The molecule has 1 aromatic heterocycles. The van der Waals surface area contributed by atoms with Crippen LogP contribution in [-0.4, -0.2) is 25.6 Å². The topological polar surface area (TPSA) is 74.8 Å². The number of halogens is 3. The van der Waals surface area contributed by atoms with Gasteiger partial charge in [0.25, 0.3) is 0 Å². The Morgan fingerprint density at radius 3 is 2.58 bits per heavy atom. The van der Waals surface area contributed by atoms with E-state index in [0.717, 1.165) is 17.7 Å². The second-order valence-electron chi connectivity index (χ2n) is 7.97. The van der Waals surface area contributed by atoms with Gasteiger partial charge in [0.2, 0.25) is 5.91 Å². The molecule has 0 spiro atoms. The number of rotatable bonds is 8. The highest BCUT2D eigenvalue weighted by Gasteiger charge is 2.18. The number of nitriles is 1. The Morgan fingerprint density at radius 2 is 1.86 bits per heavy atom. The SMILES string of the molecule is N#Cc1ccc(Cn2cnnc2CN(Cc2ccc(F)cc2F)C(=O)/C=C/c2ccccc2Cl)cc1. The van der Waals surface area contributed by atoms with Crippen LogP contribution < -0.4 is 0 Å². The maximum absolute atomic E-state index is 14.4. The van der Waals surface area contributed by atoms with Crippen molar-refractivity contribution in [2.75, 3.05) is 0 Å². The molecular weight excluding hydrogens is 484 g/mol. The largest absolute Gasteiger partial charge is 0.327 e. The summed E-state index contributed by atoms with van der Waals surface area (Å²) >= 11 is 6.18. The zero-order valence-corrected chi connectivity index (χ0v) is 19.7. The van der Waals surface area contributed by atoms with E-state index in [0.29, 0.717) is 28.5 Å². The van der Waals surface area contributed by atoms with Crippen molar-refractivity contribution in [2.45, 2.75) is 19.6 Å². The Balaban J connectivity index is 1.59. The molecule has 0 aliphatic carbocycles. The van der Waals surface area contributed by atoms with Crippen LogP contribution in [0.5, 0.6) is 0 Å². The van der Waals surface area contributed by atoms with Crippen molar-refractivity contribution in [3.8, 4) is 6.07 Å². The van der Waals surface area contributed by atoms with Gasteiger partial charge in [-0.25, -0.2) is 8.78 Å². The minimum absolute atomic E-state index is 0.0266. The Morgan fingerprint density at radius 1 is 1.08 bits per heavy atom. The standard InChI is InChI=1S/C27H20ClF2N5O/c28-24-4-2-1-3-21(24)10-12-27(36)34(16-22-9-11-23(29)13-25(22)30)17-26-33-32-18-35(26)15-20-7-5-19(14-31)6-8-20/h1-13,18H,15-17H2/b12-10+. The quantitative estimate of drug-likeness (QED) is 0.303. The van der Waals surface area contributed by atoms with E-state index in [9.17, 15) is 13.6 Å². The number of nitrogens with zero attached hydrogens (tertiary/aromatic N) is 5. The van der Waals surface area contributed by atoms with Crippen molar-refractivity contribution in [1.82, 2.24) is 19.7 Å². The van der Waals surface area contributed by atoms with Crippen molar-refractivity contribution in [2.24, 2.45) is 0 Å². The number of hydrogen-bond donors (Lipinski definition) is 0. The molecule has 3 aromatic carbocycles. The molecule has 1 amide bonds. The molecule has 0 saturated heterocycles. The van der Waals surface area contributed by atoms with Crippen LogP contribution in [0, 0.1) is 23.0 Å². The summed E-state index contributed by atoms with van der Waals surface area (Å²) in [6.45, 7) is 0.330. The maximum Gasteiger partial charge on any atom is 0.247 e. The first-order valence-corrected chi connectivity index (χ1v) is 11.3. The fourth-order valence-corrected chi connectivity index (χ4v) is 3.73. The van der Waals surface area contributed by atoms with Crippen molar-refractivity contribution in [3.05, 3.63) is 124 Å². The molecule has 0 radical (unpaired) electrons. The molecule has 0 aliphatic rings. The lowest BCUT2D eigenvalue weighted by atomic mass is 10.1. The minimum atomic E-state index is -0.748. The number of amides is 1. The molecule has 0 aliphatic heterocycles. The van der Waals surface area contributed by atoms with E-state index in [2.05, 4.69) is 16.3 Å². The van der Waals surface area contributed by atoms with Gasteiger partial charge in [-0.1, -0.05) is 48.0 Å². The van der Waals surface area contributed by atoms with E-state index < -0.39 is 17.5 Å². The highest BCUT2D eigenvalue weighted by atomic mass is 35.5. The summed E-state index contributed by atoms with van der Waals surface area (Å²) < 4.78 is 29.6. The van der Waals surface area contributed by atoms with E-state index in [4.69, 9.17) is 16.9 Å². The summed E-state index contributed by atoms with van der Waals surface area (Å²) in [6.07, 6.45) is 4.47. The molecule has 4 rings (SSSR count). The van der Waals surface area contributed by atoms with Gasteiger partial charge in [-0.3, -0.25) is 4.79 Å². The van der Waals surface area contributed by atoms with Gasteiger partial charge in [0.05, 0.1) is 24.7 Å². The third-order valence-electron chi connectivity index (χ3n) is 5.46. The molecule has 9 heteroatoms. The van der Waals surface area contributed by atoms with E-state index >= 15 is 0 Å². The summed E-state index contributed by atoms with van der Waals surface area (Å²) in [6, 6.07) is 19.5. The van der Waals surface area contributed by atoms with E-state index in [1.54, 1.807) is 47.0 Å². The number of carbonyl (C=O) groups excluding carboxylic acids is 1. The molecular formula is C27H20ClF2N5O. The third-order valence-corrected chi connectivity index (χ3v) is 5.81. The molecule has 0 bridgehead atoms. The highest BCUT2D eigenvalue weighted by Crippen LogP contribution is 2.18. The minimum Gasteiger partial charge on any atom is -0.327 e. The van der Waals surface area contributed by atoms with Gasteiger partial charge in [0.15, 0.2) is 5.82 Å². The van der Waals surface area contributed by atoms with E-state index in [1.165, 1.54) is 23.4 Å². The molecule has 1 heterocycles. The number of hydrogen-bond acceptors (Lipinski definition) is 4. The van der Waals surface area contributed by atoms with Crippen LogP contribution >= 0.6 is 11.6 Å². The maximum atomic E-state index is 14.4. The van der Waals surface area contributed by atoms with Gasteiger partial charge < -0.3 is 9.47 Å². The first-order valence-electron chi connectivity index (χ1n) is 10.9. The van der Waals surface area contributed by atoms with Crippen LogP contribution in [0.2, 0.25) is 5.02 Å². The van der Waals surface area contributed by atoms with E-state index in [1.807, 2.05) is 12.1 Å². The monoisotopic (exact) mass is 503 g/mol. The molecule has 0 fully saturated rings. The summed E-state index contributed by atoms with van der Waals surface area (Å²) in [4.78, 5) is 14.6. The highest BCUT2D eigenvalue weighted by molar-refractivity contribution is 6.32. The normalized spacial score (nSPS) is 10.9. The van der Waals surface area contributed by atoms with Crippen LogP contribution in [0.1, 0.15) is 28.1 Å². The van der Waals surface area contributed by atoms with Crippen LogP contribution in [0.4, 0.5) is 8.78 Å². The van der Waals surface area contributed by atoms with Gasteiger partial charge >= 0.3 is 0 Å². The number of aromatic nitrogens is 3. The second kappa shape index (κ2) is 11.4. The molecule has 180 valence electrons. The average Bonchev–Trinajstić information content (AvgIpc) is 3.31. The average molecular weight is 504 g/mol. The lowest BCUT2D eigenvalue weighted by molar-refractivity contribution is -0.127. The zero-order chi connectivity index (χ0) is 25.5. The summed E-state index contributed by atoms with van der Waals surface area (Å²) in [5.74, 6) is -1.38. The molecule has 0 N–H and O–H groups in total. The Hall–Kier alpha value is -4.35. The van der Waals surface area contributed by atoms with Crippen molar-refractivity contribution >= 4 is 23.6 Å². The van der Waals surface area contributed by atoms with Crippen molar-refractivity contribution in [3.63, 3.8) is 0 Å². The van der Waals surface area contributed by atoms with E-state index in [-0.39, 0.29) is 18.7 Å². The van der Waals surface area contributed by atoms with Crippen LogP contribution in [0.3, 0.4) is 0 Å². The molecule has 0 atom stereocenters. The smallest absolute Gasteiger partial charge is 0.247 e. The first-order chi connectivity index (χ1) is 17.4. The van der Waals surface area contributed by atoms with Gasteiger partial charge in [-0.2, -0.15) is 5.26 Å². The lowest BCUT2D eigenvalue weighted by Crippen LogP contribution is -2.30. The lowest BCUT2D eigenvalue weighted by Gasteiger charge is -2.22. The van der Waals surface area contributed by atoms with Crippen molar-refractivity contribution in [1.29, 1.82) is 5.26 Å². The Kier molecular flexibility index (Phi) is 7.83. The summed E-state index contributed by atoms with van der Waals surface area (Å²) in [7, 11) is 0. The summed E-state index contributed by atoms with van der Waals surface area (Å²) in [5, 5.41) is 17.6. The van der Waals surface area contributed by atoms with Crippen LogP contribution in [-0.2, 0) is 24.4 Å². The Labute approximate surface area is 211 Å². The van der Waals surface area contributed by atoms with Crippen LogP contribution in [0.25, 0.3) is 6.08 Å². The van der Waals surface area contributed by atoms with Gasteiger partial charge in [-0.15, -0.1) is 10.2 Å². The van der Waals surface area contributed by atoms with Gasteiger partial charge in [-0.05, 0) is 41.5 Å². The van der Waals surface area contributed by atoms with Gasteiger partial charge in [0, 0.05) is 29.3 Å². The first kappa shape index (κ1) is 24.8. The third kappa shape index (κ3) is 6.20. The fraction of sp³-hybridized carbons (Fsp3) is 0.111. The molecule has 0 unspecified atom stereocenters. The number of carbonyl (C=O) groups is 1. The number of benzene rings is 3. The zero-order valence-electron chi connectivity index (χ0n) is 19.0. The second-order valence-corrected chi connectivity index (χ2v) is 8.38. The Bertz CT molecular complexity index is 1440. The molecule has 36 heavy (non-hydrogen) atoms. The molecule has 4 aromatic rings.